The van der Waals surface area contributed by atoms with Crippen molar-refractivity contribution < 1.29 is 14.6 Å². The monoisotopic (exact) mass is 275 g/mol. The van der Waals surface area contributed by atoms with Crippen molar-refractivity contribution >= 4 is 5.97 Å². The summed E-state index contributed by atoms with van der Waals surface area (Å²) in [5.74, 6) is 0.972. The van der Waals surface area contributed by atoms with Gasteiger partial charge in [0.1, 0.15) is 11.8 Å². The summed E-state index contributed by atoms with van der Waals surface area (Å²) in [6.07, 6.45) is 4.32. The molecule has 0 spiro atoms. The Morgan fingerprint density at radius 2 is 2.00 bits per heavy atom. The van der Waals surface area contributed by atoms with Crippen LogP contribution in [0.3, 0.4) is 0 Å². The van der Waals surface area contributed by atoms with Gasteiger partial charge in [0.05, 0.1) is 6.61 Å². The topological polar surface area (TPSA) is 49.8 Å². The summed E-state index contributed by atoms with van der Waals surface area (Å²) < 4.78 is 5.71. The quantitative estimate of drug-likeness (QED) is 0.866. The lowest BCUT2D eigenvalue weighted by Crippen LogP contribution is -2.35. The van der Waals surface area contributed by atoms with Crippen LogP contribution < -0.4 is 4.74 Å². The minimum atomic E-state index is -0.702. The van der Waals surface area contributed by atoms with Crippen LogP contribution in [0.4, 0.5) is 0 Å². The van der Waals surface area contributed by atoms with Crippen LogP contribution in [0.1, 0.15) is 31.2 Å². The number of hydrogen-bond donors (Lipinski definition) is 1. The molecule has 1 aliphatic heterocycles. The molecule has 0 aromatic heterocycles. The molecule has 1 N–H and O–H groups in total. The van der Waals surface area contributed by atoms with Crippen molar-refractivity contribution in [2.75, 3.05) is 13.2 Å². The predicted molar refractivity (Wildman–Crippen MR) is 75.7 cm³/mol. The highest BCUT2D eigenvalue weighted by molar-refractivity contribution is 5.73. The number of ether oxygens (including phenoxy) is 1. The number of rotatable bonds is 6. The van der Waals surface area contributed by atoms with Gasteiger partial charge in [0, 0.05) is 6.54 Å². The third-order valence-electron chi connectivity index (χ3n) is 4.14. The first-order valence-electron chi connectivity index (χ1n) is 7.41. The smallest absolute Gasteiger partial charge is 0.320 e. The average molecular weight is 275 g/mol. The van der Waals surface area contributed by atoms with Crippen molar-refractivity contribution in [3.05, 3.63) is 29.8 Å². The van der Waals surface area contributed by atoms with Gasteiger partial charge in [-0.2, -0.15) is 0 Å². The SMILES string of the molecule is O=C(O)[C@H]1CCCN1Cc1ccc(OCC2CC2)cc1. The Morgan fingerprint density at radius 3 is 2.65 bits per heavy atom. The zero-order chi connectivity index (χ0) is 13.9. The molecule has 1 atom stereocenters. The normalized spacial score (nSPS) is 22.9. The number of carbonyl (C=O) groups is 1. The Hall–Kier alpha value is -1.55. The summed E-state index contributed by atoms with van der Waals surface area (Å²) >= 11 is 0. The van der Waals surface area contributed by atoms with Gasteiger partial charge in [-0.15, -0.1) is 0 Å². The molecule has 1 saturated heterocycles. The summed E-state index contributed by atoms with van der Waals surface area (Å²) in [7, 11) is 0. The Morgan fingerprint density at radius 1 is 1.25 bits per heavy atom. The Bertz CT molecular complexity index is 467. The number of benzene rings is 1. The van der Waals surface area contributed by atoms with E-state index < -0.39 is 5.97 Å². The van der Waals surface area contributed by atoms with Crippen molar-refractivity contribution in [1.82, 2.24) is 4.90 Å². The second-order valence-electron chi connectivity index (χ2n) is 5.87. The molecule has 4 heteroatoms. The number of nitrogens with zero attached hydrogens (tertiary/aromatic N) is 1. The average Bonchev–Trinajstić information content (AvgIpc) is 3.16. The van der Waals surface area contributed by atoms with E-state index in [2.05, 4.69) is 0 Å². The van der Waals surface area contributed by atoms with Crippen molar-refractivity contribution in [3.63, 3.8) is 0 Å². The minimum Gasteiger partial charge on any atom is -0.493 e. The van der Waals surface area contributed by atoms with Gasteiger partial charge < -0.3 is 9.84 Å². The van der Waals surface area contributed by atoms with E-state index in [0.29, 0.717) is 6.54 Å². The van der Waals surface area contributed by atoms with E-state index in [4.69, 9.17) is 4.74 Å². The fraction of sp³-hybridized carbons (Fsp3) is 0.562. The predicted octanol–water partition coefficient (Wildman–Crippen LogP) is 2.52. The molecule has 2 fully saturated rings. The molecule has 4 nitrogen and oxygen atoms in total. The van der Waals surface area contributed by atoms with Gasteiger partial charge in [0.15, 0.2) is 0 Å². The van der Waals surface area contributed by atoms with Crippen molar-refractivity contribution in [3.8, 4) is 5.75 Å². The van der Waals surface area contributed by atoms with Crippen LogP contribution in [0.5, 0.6) is 5.75 Å². The van der Waals surface area contributed by atoms with Crippen LogP contribution in [0, 0.1) is 5.92 Å². The highest BCUT2D eigenvalue weighted by Crippen LogP contribution is 2.29. The molecule has 0 amide bonds. The highest BCUT2D eigenvalue weighted by Gasteiger charge is 2.30. The van der Waals surface area contributed by atoms with Gasteiger partial charge in [0.2, 0.25) is 0 Å². The molecule has 1 heterocycles. The first-order chi connectivity index (χ1) is 9.72. The molecule has 1 aromatic carbocycles. The highest BCUT2D eigenvalue weighted by atomic mass is 16.5. The molecule has 0 unspecified atom stereocenters. The van der Waals surface area contributed by atoms with Gasteiger partial charge >= 0.3 is 5.97 Å². The molecule has 1 saturated carbocycles. The lowest BCUT2D eigenvalue weighted by molar-refractivity contribution is -0.142. The van der Waals surface area contributed by atoms with Gasteiger partial charge in [-0.1, -0.05) is 12.1 Å². The van der Waals surface area contributed by atoms with E-state index in [0.717, 1.165) is 43.2 Å². The standard InChI is InChI=1S/C16H21NO3/c18-16(19)15-2-1-9-17(15)10-12-5-7-14(8-6-12)20-11-13-3-4-13/h5-8,13,15H,1-4,9-11H2,(H,18,19)/t15-/m1/s1. The van der Waals surface area contributed by atoms with Crippen molar-refractivity contribution in [2.45, 2.75) is 38.3 Å². The van der Waals surface area contributed by atoms with Gasteiger partial charge in [-0.3, -0.25) is 9.69 Å². The molecule has 1 aromatic rings. The van der Waals surface area contributed by atoms with E-state index in [1.165, 1.54) is 12.8 Å². The second-order valence-corrected chi connectivity index (χ2v) is 5.87. The number of carboxylic acid groups (broad SMARTS) is 1. The summed E-state index contributed by atoms with van der Waals surface area (Å²) in [5, 5.41) is 9.17. The van der Waals surface area contributed by atoms with Gasteiger partial charge in [0.25, 0.3) is 0 Å². The number of hydrogen-bond acceptors (Lipinski definition) is 3. The molecule has 20 heavy (non-hydrogen) atoms. The van der Waals surface area contributed by atoms with Crippen LogP contribution in [0.2, 0.25) is 0 Å². The summed E-state index contributed by atoms with van der Waals surface area (Å²) in [6.45, 7) is 2.41. The first-order valence-corrected chi connectivity index (χ1v) is 7.41. The fourth-order valence-electron chi connectivity index (χ4n) is 2.72. The van der Waals surface area contributed by atoms with Crippen molar-refractivity contribution in [2.24, 2.45) is 5.92 Å². The maximum atomic E-state index is 11.1. The maximum Gasteiger partial charge on any atom is 0.320 e. The van der Waals surface area contributed by atoms with E-state index in [1.54, 1.807) is 0 Å². The van der Waals surface area contributed by atoms with Crippen LogP contribution in [-0.4, -0.2) is 35.2 Å². The molecular weight excluding hydrogens is 254 g/mol. The van der Waals surface area contributed by atoms with Crippen LogP contribution >= 0.6 is 0 Å². The minimum absolute atomic E-state index is 0.319. The largest absolute Gasteiger partial charge is 0.493 e. The molecular formula is C16H21NO3. The van der Waals surface area contributed by atoms with Gasteiger partial charge in [-0.05, 0) is 55.8 Å². The van der Waals surface area contributed by atoms with Crippen LogP contribution in [-0.2, 0) is 11.3 Å². The van der Waals surface area contributed by atoms with Crippen molar-refractivity contribution in [1.29, 1.82) is 0 Å². The van der Waals surface area contributed by atoms with Crippen LogP contribution in [0.15, 0.2) is 24.3 Å². The Balaban J connectivity index is 1.55. The summed E-state index contributed by atoms with van der Waals surface area (Å²) in [6, 6.07) is 7.74. The van der Waals surface area contributed by atoms with Gasteiger partial charge in [-0.25, -0.2) is 0 Å². The molecule has 1 aliphatic carbocycles. The summed E-state index contributed by atoms with van der Waals surface area (Å²) in [5.41, 5.74) is 1.15. The molecule has 0 bridgehead atoms. The molecule has 108 valence electrons. The molecule has 3 rings (SSSR count). The van der Waals surface area contributed by atoms with E-state index in [-0.39, 0.29) is 6.04 Å². The number of likely N-dealkylation sites (tertiary alicyclic amines) is 1. The second kappa shape index (κ2) is 5.83. The summed E-state index contributed by atoms with van der Waals surface area (Å²) in [4.78, 5) is 13.2. The number of carboxylic acids is 1. The fourth-order valence-corrected chi connectivity index (χ4v) is 2.72. The lowest BCUT2D eigenvalue weighted by atomic mass is 10.2. The molecule has 2 aliphatic rings. The third-order valence-corrected chi connectivity index (χ3v) is 4.14. The van der Waals surface area contributed by atoms with E-state index in [9.17, 15) is 9.90 Å². The van der Waals surface area contributed by atoms with E-state index >= 15 is 0 Å². The molecule has 0 radical (unpaired) electrons. The zero-order valence-electron chi connectivity index (χ0n) is 11.6. The number of aliphatic carboxylic acids is 1. The first kappa shape index (κ1) is 13.4. The zero-order valence-corrected chi connectivity index (χ0v) is 11.6. The Labute approximate surface area is 119 Å². The van der Waals surface area contributed by atoms with E-state index in [1.807, 2.05) is 29.2 Å². The maximum absolute atomic E-state index is 11.1. The van der Waals surface area contributed by atoms with Crippen LogP contribution in [0.25, 0.3) is 0 Å². The third kappa shape index (κ3) is 3.31. The lowest BCUT2D eigenvalue weighted by Gasteiger charge is -2.21. The Kier molecular flexibility index (Phi) is 3.92.